The molecule has 1 aromatic heterocycles. The molecular weight excluding hydrogens is 440 g/mol. The quantitative estimate of drug-likeness (QED) is 0.417. The molecule has 0 radical (unpaired) electrons. The van der Waals surface area contributed by atoms with Gasteiger partial charge in [-0.2, -0.15) is 0 Å². The van der Waals surface area contributed by atoms with Gasteiger partial charge in [-0.15, -0.1) is 0 Å². The Morgan fingerprint density at radius 1 is 1.24 bits per heavy atom. The average molecular weight is 473 g/mol. The van der Waals surface area contributed by atoms with E-state index in [1.54, 1.807) is 31.2 Å². The van der Waals surface area contributed by atoms with Crippen molar-refractivity contribution in [1.82, 2.24) is 14.9 Å². The van der Waals surface area contributed by atoms with Gasteiger partial charge in [0.05, 0.1) is 32.7 Å². The summed E-state index contributed by atoms with van der Waals surface area (Å²) in [5, 5.41) is 2.93. The minimum atomic E-state index is -1.27. The molecule has 2 aromatic rings. The summed E-state index contributed by atoms with van der Waals surface area (Å²) in [6.07, 6.45) is 2.14. The summed E-state index contributed by atoms with van der Waals surface area (Å²) in [7, 11) is 1.23. The number of fused-ring (bicyclic) bond motifs is 1. The number of hydrogen-bond acceptors (Lipinski definition) is 7. The van der Waals surface area contributed by atoms with E-state index in [9.17, 15) is 14.4 Å². The number of carbonyl (C=O) groups is 3. The number of benzene rings is 1. The molecule has 0 saturated heterocycles. The molecule has 1 atom stereocenters. The lowest BCUT2D eigenvalue weighted by Gasteiger charge is -2.43. The van der Waals surface area contributed by atoms with Gasteiger partial charge in [0.2, 0.25) is 5.91 Å². The fraction of sp³-hybridized carbons (Fsp3) is 0.500. The molecule has 184 valence electrons. The summed E-state index contributed by atoms with van der Waals surface area (Å²) in [6, 6.07) is 6.91. The van der Waals surface area contributed by atoms with Crippen LogP contribution in [0.4, 0.5) is 5.69 Å². The first-order valence-corrected chi connectivity index (χ1v) is 11.3. The Kier molecular flexibility index (Phi) is 7.93. The molecule has 0 fully saturated rings. The second-order valence-electron chi connectivity index (χ2n) is 8.43. The second kappa shape index (κ2) is 10.7. The van der Waals surface area contributed by atoms with Gasteiger partial charge in [-0.05, 0) is 58.4 Å². The van der Waals surface area contributed by atoms with Gasteiger partial charge >= 0.3 is 5.97 Å². The van der Waals surface area contributed by atoms with Crippen molar-refractivity contribution < 1.29 is 28.6 Å². The van der Waals surface area contributed by atoms with E-state index in [1.807, 2.05) is 20.8 Å². The number of amides is 2. The van der Waals surface area contributed by atoms with Crippen LogP contribution in [-0.2, 0) is 20.8 Å². The number of anilines is 1. The topological polar surface area (TPSA) is 112 Å². The van der Waals surface area contributed by atoms with Crippen LogP contribution < -0.4 is 15.0 Å². The number of nitrogens with one attached hydrogen (secondary N) is 1. The van der Waals surface area contributed by atoms with Crippen LogP contribution in [0, 0.1) is 0 Å². The summed E-state index contributed by atoms with van der Waals surface area (Å²) in [5.41, 5.74) is -0.782. The van der Waals surface area contributed by atoms with Gasteiger partial charge in [-0.3, -0.25) is 14.5 Å². The summed E-state index contributed by atoms with van der Waals surface area (Å²) in [4.78, 5) is 44.9. The van der Waals surface area contributed by atoms with E-state index in [2.05, 4.69) is 10.3 Å². The maximum atomic E-state index is 13.7. The molecule has 1 N–H and O–H groups in total. The van der Waals surface area contributed by atoms with Gasteiger partial charge in [0.1, 0.15) is 17.0 Å². The van der Waals surface area contributed by atoms with E-state index in [4.69, 9.17) is 14.2 Å². The zero-order chi connectivity index (χ0) is 24.9. The number of methoxy groups -OCH3 is 1. The molecular formula is C24H32N4O6. The molecule has 0 bridgehead atoms. The standard InChI is InChI=1S/C24H32N4O6/c1-6-33-18-10-8-17(9-11-18)28-21(29)20-19(22(30)32-5)26-15-27(20)14-24(28,4)23(31)25-12-7-13-34-16(2)3/h8-11,15-16H,6-7,12-14H2,1-5H3,(H,25,31). The first-order valence-electron chi connectivity index (χ1n) is 11.3. The highest BCUT2D eigenvalue weighted by atomic mass is 16.5. The van der Waals surface area contributed by atoms with Crippen LogP contribution in [0.2, 0.25) is 0 Å². The van der Waals surface area contributed by atoms with Crippen molar-refractivity contribution in [3.05, 3.63) is 42.0 Å². The fourth-order valence-electron chi connectivity index (χ4n) is 3.92. The Morgan fingerprint density at radius 2 is 1.94 bits per heavy atom. The van der Waals surface area contributed by atoms with Gasteiger partial charge in [0.15, 0.2) is 5.69 Å². The number of esters is 1. The van der Waals surface area contributed by atoms with Crippen LogP contribution >= 0.6 is 0 Å². The Balaban J connectivity index is 1.95. The summed E-state index contributed by atoms with van der Waals surface area (Å²) in [6.45, 7) is 9.01. The van der Waals surface area contributed by atoms with E-state index < -0.39 is 17.4 Å². The number of ether oxygens (including phenoxy) is 3. The highest BCUT2D eigenvalue weighted by molar-refractivity contribution is 6.15. The lowest BCUT2D eigenvalue weighted by molar-refractivity contribution is -0.126. The molecule has 0 aliphatic carbocycles. The second-order valence-corrected chi connectivity index (χ2v) is 8.43. The maximum absolute atomic E-state index is 13.7. The van der Waals surface area contributed by atoms with Crippen molar-refractivity contribution in [3.63, 3.8) is 0 Å². The van der Waals surface area contributed by atoms with Crippen molar-refractivity contribution in [2.24, 2.45) is 0 Å². The molecule has 34 heavy (non-hydrogen) atoms. The molecule has 0 spiro atoms. The predicted molar refractivity (Wildman–Crippen MR) is 125 cm³/mol. The number of carbonyl (C=O) groups excluding carboxylic acids is 3. The maximum Gasteiger partial charge on any atom is 0.359 e. The van der Waals surface area contributed by atoms with Crippen molar-refractivity contribution in [2.45, 2.75) is 52.3 Å². The Hall–Kier alpha value is -3.40. The zero-order valence-corrected chi connectivity index (χ0v) is 20.3. The monoisotopic (exact) mass is 472 g/mol. The third-order valence-corrected chi connectivity index (χ3v) is 5.55. The summed E-state index contributed by atoms with van der Waals surface area (Å²) < 4.78 is 17.4. The summed E-state index contributed by atoms with van der Waals surface area (Å²) in [5.74, 6) is -0.911. The first-order chi connectivity index (χ1) is 16.2. The number of imidazole rings is 1. The van der Waals surface area contributed by atoms with Gasteiger partial charge in [0, 0.05) is 18.8 Å². The van der Waals surface area contributed by atoms with E-state index in [-0.39, 0.29) is 29.9 Å². The lowest BCUT2D eigenvalue weighted by atomic mass is 9.93. The van der Waals surface area contributed by atoms with E-state index in [0.29, 0.717) is 37.6 Å². The minimum Gasteiger partial charge on any atom is -0.494 e. The molecule has 3 rings (SSSR count). The largest absolute Gasteiger partial charge is 0.494 e. The highest BCUT2D eigenvalue weighted by Gasteiger charge is 2.49. The molecule has 2 amide bonds. The minimum absolute atomic E-state index is 0.0799. The number of aromatic nitrogens is 2. The average Bonchev–Trinajstić information content (AvgIpc) is 3.23. The molecule has 1 aliphatic rings. The van der Waals surface area contributed by atoms with Crippen molar-refractivity contribution in [3.8, 4) is 5.75 Å². The normalized spacial score (nSPS) is 17.5. The van der Waals surface area contributed by atoms with E-state index in [1.165, 1.54) is 22.9 Å². The van der Waals surface area contributed by atoms with Gasteiger partial charge < -0.3 is 24.1 Å². The SMILES string of the molecule is CCOc1ccc(N2C(=O)c3c(C(=O)OC)ncn3CC2(C)C(=O)NCCCOC(C)C)cc1. The van der Waals surface area contributed by atoms with Crippen LogP contribution in [0.15, 0.2) is 30.6 Å². The van der Waals surface area contributed by atoms with Gasteiger partial charge in [0.25, 0.3) is 5.91 Å². The van der Waals surface area contributed by atoms with Crippen molar-refractivity contribution >= 4 is 23.5 Å². The first kappa shape index (κ1) is 25.2. The number of rotatable bonds is 10. The molecule has 1 unspecified atom stereocenters. The van der Waals surface area contributed by atoms with Crippen LogP contribution in [0.3, 0.4) is 0 Å². The zero-order valence-electron chi connectivity index (χ0n) is 20.3. The lowest BCUT2D eigenvalue weighted by Crippen LogP contribution is -2.64. The highest BCUT2D eigenvalue weighted by Crippen LogP contribution is 2.34. The van der Waals surface area contributed by atoms with Crippen LogP contribution in [-0.4, -0.2) is 65.8 Å². The van der Waals surface area contributed by atoms with Crippen LogP contribution in [0.25, 0.3) is 0 Å². The Morgan fingerprint density at radius 3 is 2.56 bits per heavy atom. The van der Waals surface area contributed by atoms with Gasteiger partial charge in [-0.25, -0.2) is 9.78 Å². The molecule has 0 saturated carbocycles. The summed E-state index contributed by atoms with van der Waals surface area (Å²) >= 11 is 0. The molecule has 1 aromatic carbocycles. The van der Waals surface area contributed by atoms with Crippen molar-refractivity contribution in [1.29, 1.82) is 0 Å². The number of hydrogen-bond donors (Lipinski definition) is 1. The van der Waals surface area contributed by atoms with Crippen LogP contribution in [0.1, 0.15) is 55.1 Å². The van der Waals surface area contributed by atoms with Crippen LogP contribution in [0.5, 0.6) is 5.75 Å². The molecule has 10 heteroatoms. The van der Waals surface area contributed by atoms with E-state index in [0.717, 1.165) is 0 Å². The molecule has 10 nitrogen and oxygen atoms in total. The molecule has 1 aliphatic heterocycles. The molecule has 2 heterocycles. The Labute approximate surface area is 199 Å². The third-order valence-electron chi connectivity index (χ3n) is 5.55. The number of nitrogens with zero attached hydrogens (tertiary/aromatic N) is 3. The fourth-order valence-corrected chi connectivity index (χ4v) is 3.92. The van der Waals surface area contributed by atoms with Crippen molar-refractivity contribution in [2.75, 3.05) is 31.8 Å². The smallest absolute Gasteiger partial charge is 0.359 e. The third kappa shape index (κ3) is 5.06. The Bertz CT molecular complexity index is 1030. The predicted octanol–water partition coefficient (Wildman–Crippen LogP) is 2.42. The van der Waals surface area contributed by atoms with E-state index >= 15 is 0 Å². The van der Waals surface area contributed by atoms with Gasteiger partial charge in [-0.1, -0.05) is 0 Å².